The number of amides is 1. The van der Waals surface area contributed by atoms with Gasteiger partial charge in [0.05, 0.1) is 23.4 Å². The Morgan fingerprint density at radius 3 is 2.71 bits per heavy atom. The summed E-state index contributed by atoms with van der Waals surface area (Å²) in [5, 5.41) is 4.03. The molecule has 4 heterocycles. The summed E-state index contributed by atoms with van der Waals surface area (Å²) in [6.45, 7) is 5.42. The van der Waals surface area contributed by atoms with Crippen LogP contribution in [0.1, 0.15) is 41.3 Å². The third-order valence-electron chi connectivity index (χ3n) is 5.47. The highest BCUT2D eigenvalue weighted by atomic mass is 16.5. The molecular formula is C22H24N4O2. The van der Waals surface area contributed by atoms with E-state index in [9.17, 15) is 4.79 Å². The zero-order valence-corrected chi connectivity index (χ0v) is 16.3. The lowest BCUT2D eigenvalue weighted by atomic mass is 9.89. The fourth-order valence-electron chi connectivity index (χ4n) is 3.94. The van der Waals surface area contributed by atoms with E-state index in [1.165, 1.54) is 5.56 Å². The highest BCUT2D eigenvalue weighted by Gasteiger charge is 2.24. The number of nitrogens with zero attached hydrogens (tertiary/aromatic N) is 4. The average Bonchev–Trinajstić information content (AvgIpc) is 3.07. The Morgan fingerprint density at radius 1 is 1.21 bits per heavy atom. The first-order chi connectivity index (χ1) is 13.6. The van der Waals surface area contributed by atoms with Crippen LogP contribution < -0.4 is 0 Å². The van der Waals surface area contributed by atoms with Gasteiger partial charge in [0.2, 0.25) is 5.91 Å². The van der Waals surface area contributed by atoms with Crippen molar-refractivity contribution in [3.8, 4) is 11.3 Å². The predicted octanol–water partition coefficient (Wildman–Crippen LogP) is 3.70. The van der Waals surface area contributed by atoms with Crippen LogP contribution in [0.4, 0.5) is 0 Å². The van der Waals surface area contributed by atoms with E-state index in [4.69, 9.17) is 4.52 Å². The Morgan fingerprint density at radius 2 is 2.04 bits per heavy atom. The van der Waals surface area contributed by atoms with Crippen molar-refractivity contribution in [3.05, 3.63) is 65.4 Å². The van der Waals surface area contributed by atoms with Crippen LogP contribution in [0, 0.1) is 13.8 Å². The lowest BCUT2D eigenvalue weighted by Gasteiger charge is -2.32. The molecule has 1 fully saturated rings. The van der Waals surface area contributed by atoms with Gasteiger partial charge in [0.25, 0.3) is 0 Å². The highest BCUT2D eigenvalue weighted by Crippen LogP contribution is 2.32. The van der Waals surface area contributed by atoms with Gasteiger partial charge in [-0.2, -0.15) is 0 Å². The SMILES string of the molecule is Cc1noc(C)c1-c1cc(C2CCN(C(=O)Cc3cccnc3)CC2)ccn1. The zero-order valence-electron chi connectivity index (χ0n) is 16.3. The second-order valence-electron chi connectivity index (χ2n) is 7.37. The summed E-state index contributed by atoms with van der Waals surface area (Å²) in [5.41, 5.74) is 4.98. The molecule has 6 nitrogen and oxygen atoms in total. The maximum absolute atomic E-state index is 12.6. The van der Waals surface area contributed by atoms with E-state index >= 15 is 0 Å². The van der Waals surface area contributed by atoms with Crippen molar-refractivity contribution in [2.24, 2.45) is 0 Å². The van der Waals surface area contributed by atoms with Crippen molar-refractivity contribution in [1.82, 2.24) is 20.0 Å². The predicted molar refractivity (Wildman–Crippen MR) is 106 cm³/mol. The number of carbonyl (C=O) groups is 1. The highest BCUT2D eigenvalue weighted by molar-refractivity contribution is 5.78. The molecule has 0 atom stereocenters. The third kappa shape index (κ3) is 3.81. The molecule has 0 aromatic carbocycles. The Balaban J connectivity index is 1.41. The number of hydrogen-bond donors (Lipinski definition) is 0. The van der Waals surface area contributed by atoms with E-state index in [0.717, 1.165) is 54.2 Å². The van der Waals surface area contributed by atoms with Crippen molar-refractivity contribution in [1.29, 1.82) is 0 Å². The Bertz CT molecular complexity index is 940. The average molecular weight is 376 g/mol. The van der Waals surface area contributed by atoms with Crippen LogP contribution in [-0.4, -0.2) is 39.0 Å². The quantitative estimate of drug-likeness (QED) is 0.694. The van der Waals surface area contributed by atoms with E-state index in [2.05, 4.69) is 27.3 Å². The van der Waals surface area contributed by atoms with Gasteiger partial charge in [-0.25, -0.2) is 0 Å². The topological polar surface area (TPSA) is 72.1 Å². The number of aryl methyl sites for hydroxylation is 2. The molecule has 3 aromatic heterocycles. The van der Waals surface area contributed by atoms with E-state index in [1.807, 2.05) is 37.1 Å². The maximum Gasteiger partial charge on any atom is 0.227 e. The Labute approximate surface area is 164 Å². The van der Waals surface area contributed by atoms with Gasteiger partial charge in [-0.05, 0) is 61.9 Å². The van der Waals surface area contributed by atoms with Crippen LogP contribution in [0.3, 0.4) is 0 Å². The molecule has 0 aliphatic carbocycles. The van der Waals surface area contributed by atoms with Crippen LogP contribution >= 0.6 is 0 Å². The first-order valence-electron chi connectivity index (χ1n) is 9.67. The molecule has 0 bridgehead atoms. The molecule has 6 heteroatoms. The summed E-state index contributed by atoms with van der Waals surface area (Å²) in [6, 6.07) is 8.05. The van der Waals surface area contributed by atoms with Gasteiger partial charge in [0.15, 0.2) is 0 Å². The summed E-state index contributed by atoms with van der Waals surface area (Å²) in [4.78, 5) is 23.1. The summed E-state index contributed by atoms with van der Waals surface area (Å²) < 4.78 is 5.29. The lowest BCUT2D eigenvalue weighted by Crippen LogP contribution is -2.38. The minimum atomic E-state index is 0.178. The van der Waals surface area contributed by atoms with E-state index in [1.54, 1.807) is 12.4 Å². The van der Waals surface area contributed by atoms with Crippen molar-refractivity contribution in [2.45, 2.75) is 39.0 Å². The molecule has 1 amide bonds. The fourth-order valence-corrected chi connectivity index (χ4v) is 3.94. The molecule has 3 aromatic rings. The molecule has 1 aliphatic heterocycles. The Hall–Kier alpha value is -3.02. The van der Waals surface area contributed by atoms with Crippen LogP contribution in [0.25, 0.3) is 11.3 Å². The summed E-state index contributed by atoms with van der Waals surface area (Å²) >= 11 is 0. The minimum absolute atomic E-state index is 0.178. The van der Waals surface area contributed by atoms with Gasteiger partial charge < -0.3 is 9.42 Å². The molecule has 4 rings (SSSR count). The number of rotatable bonds is 4. The molecule has 0 saturated carbocycles. The molecule has 28 heavy (non-hydrogen) atoms. The first-order valence-corrected chi connectivity index (χ1v) is 9.67. The second kappa shape index (κ2) is 7.92. The smallest absolute Gasteiger partial charge is 0.227 e. The molecule has 0 spiro atoms. The normalized spacial score (nSPS) is 15.0. The number of pyridine rings is 2. The van der Waals surface area contributed by atoms with Crippen LogP contribution in [0.2, 0.25) is 0 Å². The van der Waals surface area contributed by atoms with Gasteiger partial charge in [-0.15, -0.1) is 0 Å². The zero-order chi connectivity index (χ0) is 19.5. The number of hydrogen-bond acceptors (Lipinski definition) is 5. The van der Waals surface area contributed by atoms with Gasteiger partial charge >= 0.3 is 0 Å². The molecule has 0 N–H and O–H groups in total. The molecule has 0 radical (unpaired) electrons. The molecule has 1 aliphatic rings. The van der Waals surface area contributed by atoms with Crippen LogP contribution in [-0.2, 0) is 11.2 Å². The maximum atomic E-state index is 12.6. The fraction of sp³-hybridized carbons (Fsp3) is 0.364. The molecular weight excluding hydrogens is 352 g/mol. The largest absolute Gasteiger partial charge is 0.361 e. The first kappa shape index (κ1) is 18.3. The van der Waals surface area contributed by atoms with Gasteiger partial charge in [-0.1, -0.05) is 11.2 Å². The summed E-state index contributed by atoms with van der Waals surface area (Å²) in [5.74, 6) is 1.40. The standard InChI is InChI=1S/C22H24N4O2/c1-15-22(16(2)28-25-15)20-13-19(5-9-24-20)18-6-10-26(11-7-18)21(27)12-17-4-3-8-23-14-17/h3-5,8-9,13-14,18H,6-7,10-12H2,1-2H3. The van der Waals surface area contributed by atoms with Gasteiger partial charge in [0, 0.05) is 31.7 Å². The molecule has 0 unspecified atom stereocenters. The lowest BCUT2D eigenvalue weighted by molar-refractivity contribution is -0.131. The number of likely N-dealkylation sites (tertiary alicyclic amines) is 1. The van der Waals surface area contributed by atoms with Crippen LogP contribution in [0.15, 0.2) is 47.4 Å². The van der Waals surface area contributed by atoms with E-state index < -0.39 is 0 Å². The minimum Gasteiger partial charge on any atom is -0.361 e. The van der Waals surface area contributed by atoms with Crippen molar-refractivity contribution >= 4 is 5.91 Å². The summed E-state index contributed by atoms with van der Waals surface area (Å²) in [7, 11) is 0. The monoisotopic (exact) mass is 376 g/mol. The summed E-state index contributed by atoms with van der Waals surface area (Å²) in [6.07, 6.45) is 7.69. The number of carbonyl (C=O) groups excluding carboxylic acids is 1. The van der Waals surface area contributed by atoms with Gasteiger partial charge in [-0.3, -0.25) is 14.8 Å². The number of piperidine rings is 1. The second-order valence-corrected chi connectivity index (χ2v) is 7.37. The van der Waals surface area contributed by atoms with Crippen molar-refractivity contribution in [2.75, 3.05) is 13.1 Å². The number of aromatic nitrogens is 3. The van der Waals surface area contributed by atoms with E-state index in [0.29, 0.717) is 12.3 Å². The Kier molecular flexibility index (Phi) is 5.19. The van der Waals surface area contributed by atoms with Gasteiger partial charge in [0.1, 0.15) is 5.76 Å². The third-order valence-corrected chi connectivity index (χ3v) is 5.47. The van der Waals surface area contributed by atoms with Crippen LogP contribution in [0.5, 0.6) is 0 Å². The van der Waals surface area contributed by atoms with E-state index in [-0.39, 0.29) is 5.91 Å². The van der Waals surface area contributed by atoms with Crippen molar-refractivity contribution in [3.63, 3.8) is 0 Å². The molecule has 144 valence electrons. The van der Waals surface area contributed by atoms with Crippen molar-refractivity contribution < 1.29 is 9.32 Å². The molecule has 1 saturated heterocycles.